The zero-order chi connectivity index (χ0) is 14.2. The number of H-pyrrole nitrogens is 1. The van der Waals surface area contributed by atoms with E-state index < -0.39 is 11.2 Å². The predicted octanol–water partition coefficient (Wildman–Crippen LogP) is 1.87. The van der Waals surface area contributed by atoms with Gasteiger partial charge in [0.2, 0.25) is 5.91 Å². The van der Waals surface area contributed by atoms with Crippen molar-refractivity contribution >= 4 is 35.1 Å². The number of halogens is 1. The second-order valence-electron chi connectivity index (χ2n) is 5.52. The van der Waals surface area contributed by atoms with Gasteiger partial charge in [0.15, 0.2) is 5.58 Å². The molecule has 0 saturated carbocycles. The highest BCUT2D eigenvalue weighted by Gasteiger charge is 2.34. The Morgan fingerprint density at radius 2 is 2.24 bits per heavy atom. The Hall–Kier alpha value is -1.79. The van der Waals surface area contributed by atoms with Crippen LogP contribution < -0.4 is 16.4 Å². The zero-order valence-electron chi connectivity index (χ0n) is 11.7. The van der Waals surface area contributed by atoms with Crippen molar-refractivity contribution in [3.05, 3.63) is 28.7 Å². The maximum absolute atomic E-state index is 12.4. The molecule has 21 heavy (non-hydrogen) atoms. The van der Waals surface area contributed by atoms with E-state index >= 15 is 0 Å². The van der Waals surface area contributed by atoms with Crippen LogP contribution in [0.2, 0.25) is 0 Å². The maximum atomic E-state index is 12.4. The molecular formula is C14H18ClN3O3. The Balaban J connectivity index is 0.00000161. The third kappa shape index (κ3) is 3.11. The van der Waals surface area contributed by atoms with E-state index in [0.717, 1.165) is 19.4 Å². The summed E-state index contributed by atoms with van der Waals surface area (Å²) in [4.78, 5) is 26.1. The van der Waals surface area contributed by atoms with Crippen molar-refractivity contribution in [1.29, 1.82) is 0 Å². The average molecular weight is 312 g/mol. The fourth-order valence-corrected chi connectivity index (χ4v) is 2.56. The molecule has 2 heterocycles. The van der Waals surface area contributed by atoms with Gasteiger partial charge in [-0.15, -0.1) is 12.4 Å². The topological polar surface area (TPSA) is 87.1 Å². The summed E-state index contributed by atoms with van der Waals surface area (Å²) in [7, 11) is 0. The van der Waals surface area contributed by atoms with Crippen molar-refractivity contribution in [2.24, 2.45) is 5.41 Å². The lowest BCUT2D eigenvalue weighted by Gasteiger charge is -2.32. The smallest absolute Gasteiger partial charge is 0.408 e. The number of amides is 1. The van der Waals surface area contributed by atoms with E-state index in [2.05, 4.69) is 15.6 Å². The van der Waals surface area contributed by atoms with Crippen molar-refractivity contribution in [2.75, 3.05) is 18.4 Å². The number of rotatable bonds is 2. The minimum atomic E-state index is -0.494. The molecule has 1 aromatic heterocycles. The third-order valence-electron chi connectivity index (χ3n) is 3.82. The Kier molecular flexibility index (Phi) is 4.39. The van der Waals surface area contributed by atoms with E-state index in [0.29, 0.717) is 23.3 Å². The van der Waals surface area contributed by atoms with Gasteiger partial charge < -0.3 is 15.1 Å². The number of oxazole rings is 1. The molecule has 1 fully saturated rings. The van der Waals surface area contributed by atoms with Gasteiger partial charge in [-0.25, -0.2) is 4.79 Å². The van der Waals surface area contributed by atoms with E-state index in [1.807, 2.05) is 6.92 Å². The molecule has 1 amide bonds. The number of carbonyl (C=O) groups excluding carboxylic acids is 1. The Labute approximate surface area is 127 Å². The van der Waals surface area contributed by atoms with E-state index in [4.69, 9.17) is 4.42 Å². The summed E-state index contributed by atoms with van der Waals surface area (Å²) in [6.45, 7) is 3.61. The average Bonchev–Trinajstić information content (AvgIpc) is 2.79. The number of hydrogen-bond acceptors (Lipinski definition) is 4. The molecule has 0 radical (unpaired) electrons. The van der Waals surface area contributed by atoms with E-state index in [-0.39, 0.29) is 18.3 Å². The second-order valence-corrected chi connectivity index (χ2v) is 5.52. The molecule has 0 spiro atoms. The molecule has 6 nitrogen and oxygen atoms in total. The first-order chi connectivity index (χ1) is 9.57. The Bertz CT molecular complexity index is 701. The number of benzene rings is 1. The summed E-state index contributed by atoms with van der Waals surface area (Å²) in [6.07, 6.45) is 1.87. The molecule has 1 saturated heterocycles. The Morgan fingerprint density at radius 3 is 2.95 bits per heavy atom. The summed E-state index contributed by atoms with van der Waals surface area (Å²) in [6, 6.07) is 5.11. The normalized spacial score (nSPS) is 21.8. The van der Waals surface area contributed by atoms with Gasteiger partial charge in [-0.2, -0.15) is 0 Å². The van der Waals surface area contributed by atoms with Crippen LogP contribution in [0.1, 0.15) is 19.8 Å². The van der Waals surface area contributed by atoms with Crippen molar-refractivity contribution in [3.8, 4) is 0 Å². The minimum Gasteiger partial charge on any atom is -0.408 e. The van der Waals surface area contributed by atoms with Crippen molar-refractivity contribution in [2.45, 2.75) is 19.8 Å². The molecule has 1 aliphatic rings. The molecule has 0 aliphatic carbocycles. The standard InChI is InChI=1S/C14H17N3O3.ClH/c1-14(5-2-6-15-8-14)12(18)16-9-3-4-11-10(7-9)17-13(19)20-11;/h3-4,7,15H,2,5-6,8H2,1H3,(H,16,18)(H,17,19);1H. The molecule has 1 unspecified atom stereocenters. The Morgan fingerprint density at radius 1 is 1.43 bits per heavy atom. The van der Waals surface area contributed by atoms with Crippen LogP contribution in [0.15, 0.2) is 27.4 Å². The number of aromatic nitrogens is 1. The molecule has 1 atom stereocenters. The van der Waals surface area contributed by atoms with Gasteiger partial charge in [0.25, 0.3) is 0 Å². The zero-order valence-corrected chi connectivity index (χ0v) is 12.5. The number of nitrogens with one attached hydrogen (secondary N) is 3. The van der Waals surface area contributed by atoms with Gasteiger partial charge in [0, 0.05) is 12.2 Å². The SMILES string of the molecule is CC1(C(=O)Nc2ccc3oc(=O)[nH]c3c2)CCCNC1.Cl. The van der Waals surface area contributed by atoms with Gasteiger partial charge in [0.1, 0.15) is 0 Å². The first-order valence-corrected chi connectivity index (χ1v) is 6.72. The van der Waals surface area contributed by atoms with Crippen LogP contribution in [-0.2, 0) is 4.79 Å². The van der Waals surface area contributed by atoms with Crippen LogP contribution in [-0.4, -0.2) is 24.0 Å². The fraction of sp³-hybridized carbons (Fsp3) is 0.429. The molecular weight excluding hydrogens is 294 g/mol. The summed E-state index contributed by atoms with van der Waals surface area (Å²) in [5.74, 6) is -0.498. The number of hydrogen-bond donors (Lipinski definition) is 3. The molecule has 114 valence electrons. The lowest BCUT2D eigenvalue weighted by Crippen LogP contribution is -2.46. The van der Waals surface area contributed by atoms with E-state index in [1.165, 1.54) is 0 Å². The number of anilines is 1. The molecule has 0 bridgehead atoms. The second kappa shape index (κ2) is 5.91. The van der Waals surface area contributed by atoms with Crippen LogP contribution in [0.3, 0.4) is 0 Å². The quantitative estimate of drug-likeness (QED) is 0.790. The fourth-order valence-electron chi connectivity index (χ4n) is 2.56. The number of piperidine rings is 1. The highest BCUT2D eigenvalue weighted by molar-refractivity contribution is 5.96. The van der Waals surface area contributed by atoms with Crippen LogP contribution in [0.25, 0.3) is 11.1 Å². The lowest BCUT2D eigenvalue weighted by molar-refractivity contribution is -0.125. The van der Waals surface area contributed by atoms with E-state index in [1.54, 1.807) is 18.2 Å². The van der Waals surface area contributed by atoms with Gasteiger partial charge in [-0.05, 0) is 44.5 Å². The van der Waals surface area contributed by atoms with Crippen LogP contribution >= 0.6 is 12.4 Å². The molecule has 1 aliphatic heterocycles. The number of aromatic amines is 1. The maximum Gasteiger partial charge on any atom is 0.417 e. The van der Waals surface area contributed by atoms with Crippen molar-refractivity contribution in [1.82, 2.24) is 10.3 Å². The largest absolute Gasteiger partial charge is 0.417 e. The van der Waals surface area contributed by atoms with Gasteiger partial charge in [0.05, 0.1) is 10.9 Å². The van der Waals surface area contributed by atoms with Crippen LogP contribution in [0, 0.1) is 5.41 Å². The van der Waals surface area contributed by atoms with E-state index in [9.17, 15) is 9.59 Å². The first-order valence-electron chi connectivity index (χ1n) is 6.72. The van der Waals surface area contributed by atoms with Crippen molar-refractivity contribution in [3.63, 3.8) is 0 Å². The third-order valence-corrected chi connectivity index (χ3v) is 3.82. The number of carbonyl (C=O) groups is 1. The highest BCUT2D eigenvalue weighted by atomic mass is 35.5. The monoisotopic (exact) mass is 311 g/mol. The first kappa shape index (κ1) is 15.6. The van der Waals surface area contributed by atoms with Crippen LogP contribution in [0.4, 0.5) is 5.69 Å². The molecule has 2 aromatic rings. The molecule has 3 rings (SSSR count). The molecule has 7 heteroatoms. The molecule has 3 N–H and O–H groups in total. The number of fused-ring (bicyclic) bond motifs is 1. The lowest BCUT2D eigenvalue weighted by atomic mass is 9.82. The highest BCUT2D eigenvalue weighted by Crippen LogP contribution is 2.27. The summed E-state index contributed by atoms with van der Waals surface area (Å²) >= 11 is 0. The minimum absolute atomic E-state index is 0. The van der Waals surface area contributed by atoms with Gasteiger partial charge in [-0.1, -0.05) is 0 Å². The summed E-state index contributed by atoms with van der Waals surface area (Å²) in [5, 5.41) is 6.16. The van der Waals surface area contributed by atoms with Gasteiger partial charge in [-0.3, -0.25) is 9.78 Å². The predicted molar refractivity (Wildman–Crippen MR) is 82.9 cm³/mol. The van der Waals surface area contributed by atoms with Crippen LogP contribution in [0.5, 0.6) is 0 Å². The molecule has 1 aromatic carbocycles. The summed E-state index contributed by atoms with van der Waals surface area (Å²) < 4.78 is 4.93. The van der Waals surface area contributed by atoms with Crippen molar-refractivity contribution < 1.29 is 9.21 Å². The summed E-state index contributed by atoms with van der Waals surface area (Å²) in [5.41, 5.74) is 1.33. The van der Waals surface area contributed by atoms with Gasteiger partial charge >= 0.3 is 5.76 Å².